The minimum absolute atomic E-state index is 0.211. The Morgan fingerprint density at radius 1 is 1.45 bits per heavy atom. The van der Waals surface area contributed by atoms with Gasteiger partial charge < -0.3 is 20.1 Å². The summed E-state index contributed by atoms with van der Waals surface area (Å²) in [6.45, 7) is 8.76. The Balaban J connectivity index is 2.30. The highest BCUT2D eigenvalue weighted by Gasteiger charge is 2.28. The molecule has 0 spiro atoms. The fourth-order valence-electron chi connectivity index (χ4n) is 3.08. The molecule has 1 saturated heterocycles. The van der Waals surface area contributed by atoms with Crippen molar-refractivity contribution in [1.29, 1.82) is 0 Å². The van der Waals surface area contributed by atoms with Gasteiger partial charge in [0.1, 0.15) is 0 Å². The fourth-order valence-corrected chi connectivity index (χ4v) is 3.08. The number of nitrogens with one attached hydrogen (secondary N) is 1. The summed E-state index contributed by atoms with van der Waals surface area (Å²) in [6, 6.07) is 6.54. The lowest BCUT2D eigenvalue weighted by Crippen LogP contribution is -2.52. The van der Waals surface area contributed by atoms with Gasteiger partial charge in [0.25, 0.3) is 0 Å². The maximum absolute atomic E-state index is 9.93. The van der Waals surface area contributed by atoms with Crippen LogP contribution in [-0.4, -0.2) is 67.8 Å². The van der Waals surface area contributed by atoms with E-state index in [4.69, 9.17) is 4.74 Å². The number of phenols is 1. The van der Waals surface area contributed by atoms with Crippen molar-refractivity contribution >= 4 is 0 Å². The van der Waals surface area contributed by atoms with Gasteiger partial charge in [0.05, 0.1) is 6.61 Å². The van der Waals surface area contributed by atoms with Gasteiger partial charge in [-0.25, -0.2) is 0 Å². The number of piperazine rings is 1. The van der Waals surface area contributed by atoms with Gasteiger partial charge in [0.2, 0.25) is 0 Å². The molecule has 1 aromatic carbocycles. The van der Waals surface area contributed by atoms with Crippen LogP contribution in [-0.2, 0) is 0 Å². The lowest BCUT2D eigenvalue weighted by molar-refractivity contribution is 0.0965. The van der Waals surface area contributed by atoms with Crippen LogP contribution >= 0.6 is 0 Å². The van der Waals surface area contributed by atoms with Crippen LogP contribution in [0, 0.1) is 0 Å². The molecule has 0 bridgehead atoms. The lowest BCUT2D eigenvalue weighted by atomic mass is 10.0. The van der Waals surface area contributed by atoms with E-state index in [1.807, 2.05) is 19.1 Å². The molecule has 1 heterocycles. The quantitative estimate of drug-likeness (QED) is 0.837. The third-order valence-electron chi connectivity index (χ3n) is 4.16. The summed E-state index contributed by atoms with van der Waals surface area (Å²) in [4.78, 5) is 4.76. The molecule has 0 amide bonds. The van der Waals surface area contributed by atoms with Crippen molar-refractivity contribution in [2.45, 2.75) is 25.9 Å². The molecule has 2 N–H and O–H groups in total. The average Bonchev–Trinajstić information content (AvgIpc) is 2.48. The summed E-state index contributed by atoms with van der Waals surface area (Å²) in [6.07, 6.45) is 0. The molecule has 5 nitrogen and oxygen atoms in total. The average molecular weight is 307 g/mol. The van der Waals surface area contributed by atoms with Crippen molar-refractivity contribution in [3.63, 3.8) is 0 Å². The number of hydrogen-bond donors (Lipinski definition) is 2. The third-order valence-corrected chi connectivity index (χ3v) is 4.16. The number of benzene rings is 1. The van der Waals surface area contributed by atoms with E-state index in [-0.39, 0.29) is 5.75 Å². The van der Waals surface area contributed by atoms with E-state index in [1.165, 1.54) is 5.56 Å². The Morgan fingerprint density at radius 3 is 2.86 bits per heavy atom. The zero-order valence-corrected chi connectivity index (χ0v) is 14.2. The van der Waals surface area contributed by atoms with Crippen LogP contribution in [0.4, 0.5) is 0 Å². The molecule has 0 aliphatic carbocycles. The van der Waals surface area contributed by atoms with E-state index in [0.29, 0.717) is 24.4 Å². The summed E-state index contributed by atoms with van der Waals surface area (Å²) in [5, 5.41) is 13.4. The molecule has 2 atom stereocenters. The fraction of sp³-hybridized carbons (Fsp3) is 0.647. The molecule has 0 radical (unpaired) electrons. The molecule has 2 rings (SSSR count). The monoisotopic (exact) mass is 307 g/mol. The first-order valence-corrected chi connectivity index (χ1v) is 8.09. The first-order valence-electron chi connectivity index (χ1n) is 8.09. The molecule has 1 aromatic rings. The van der Waals surface area contributed by atoms with Gasteiger partial charge in [-0.15, -0.1) is 0 Å². The van der Waals surface area contributed by atoms with Crippen LogP contribution in [0.25, 0.3) is 0 Å². The Labute approximate surface area is 133 Å². The number of ether oxygens (including phenoxy) is 1. The highest BCUT2D eigenvalue weighted by Crippen LogP contribution is 2.32. The molecule has 1 aliphatic rings. The highest BCUT2D eigenvalue weighted by molar-refractivity contribution is 5.43. The van der Waals surface area contributed by atoms with E-state index in [9.17, 15) is 5.11 Å². The topological polar surface area (TPSA) is 48.0 Å². The number of rotatable bonds is 6. The normalized spacial score (nSPS) is 21.0. The summed E-state index contributed by atoms with van der Waals surface area (Å²) in [5.41, 5.74) is 1.20. The maximum Gasteiger partial charge on any atom is 0.161 e. The Bertz CT molecular complexity index is 479. The summed E-state index contributed by atoms with van der Waals surface area (Å²) >= 11 is 0. The van der Waals surface area contributed by atoms with Gasteiger partial charge in [-0.3, -0.25) is 4.90 Å². The second-order valence-electron chi connectivity index (χ2n) is 6.23. The minimum atomic E-state index is 0.211. The SMILES string of the molecule is CCOc1cc(C(CN(C)C)N2CCNCC2C)ccc1O. The lowest BCUT2D eigenvalue weighted by Gasteiger charge is -2.41. The number of phenolic OH excluding ortho intramolecular Hbond substituents is 1. The van der Waals surface area contributed by atoms with E-state index < -0.39 is 0 Å². The smallest absolute Gasteiger partial charge is 0.161 e. The van der Waals surface area contributed by atoms with E-state index in [0.717, 1.165) is 26.2 Å². The third kappa shape index (κ3) is 4.12. The van der Waals surface area contributed by atoms with Crippen molar-refractivity contribution in [3.8, 4) is 11.5 Å². The van der Waals surface area contributed by atoms with Crippen LogP contribution < -0.4 is 10.1 Å². The van der Waals surface area contributed by atoms with E-state index in [1.54, 1.807) is 6.07 Å². The van der Waals surface area contributed by atoms with E-state index in [2.05, 4.69) is 36.1 Å². The van der Waals surface area contributed by atoms with Crippen LogP contribution in [0.3, 0.4) is 0 Å². The van der Waals surface area contributed by atoms with Crippen molar-refractivity contribution in [1.82, 2.24) is 15.1 Å². The van der Waals surface area contributed by atoms with Gasteiger partial charge in [-0.1, -0.05) is 6.07 Å². The Kier molecular flexibility index (Phi) is 6.06. The second-order valence-corrected chi connectivity index (χ2v) is 6.23. The number of likely N-dealkylation sites (N-methyl/N-ethyl adjacent to an activating group) is 1. The van der Waals surface area contributed by atoms with Gasteiger partial charge in [-0.2, -0.15) is 0 Å². The first-order chi connectivity index (χ1) is 10.5. The van der Waals surface area contributed by atoms with Gasteiger partial charge in [0, 0.05) is 38.3 Å². The number of aromatic hydroxyl groups is 1. The Morgan fingerprint density at radius 2 is 2.23 bits per heavy atom. The van der Waals surface area contributed by atoms with Crippen molar-refractivity contribution in [2.24, 2.45) is 0 Å². The zero-order chi connectivity index (χ0) is 16.1. The van der Waals surface area contributed by atoms with Crippen molar-refractivity contribution in [2.75, 3.05) is 46.9 Å². The molecule has 5 heteroatoms. The molecule has 1 fully saturated rings. The van der Waals surface area contributed by atoms with Crippen LogP contribution in [0.15, 0.2) is 18.2 Å². The van der Waals surface area contributed by atoms with Crippen LogP contribution in [0.2, 0.25) is 0 Å². The predicted molar refractivity (Wildman–Crippen MR) is 89.6 cm³/mol. The van der Waals surface area contributed by atoms with Crippen LogP contribution in [0.1, 0.15) is 25.5 Å². The molecule has 0 saturated carbocycles. The molecular weight excluding hydrogens is 278 g/mol. The summed E-state index contributed by atoms with van der Waals surface area (Å²) < 4.78 is 5.55. The van der Waals surface area contributed by atoms with Gasteiger partial charge in [0.15, 0.2) is 11.5 Å². The van der Waals surface area contributed by atoms with Crippen molar-refractivity contribution in [3.05, 3.63) is 23.8 Å². The highest BCUT2D eigenvalue weighted by atomic mass is 16.5. The molecular formula is C17H29N3O2. The molecule has 22 heavy (non-hydrogen) atoms. The summed E-state index contributed by atoms with van der Waals surface area (Å²) in [7, 11) is 4.20. The maximum atomic E-state index is 9.93. The Hall–Kier alpha value is -1.30. The minimum Gasteiger partial charge on any atom is -0.504 e. The standard InChI is InChI=1S/C17H29N3O2/c1-5-22-17-10-14(6-7-16(17)21)15(12-19(3)4)20-9-8-18-11-13(20)2/h6-7,10,13,15,18,21H,5,8-9,11-12H2,1-4H3. The largest absolute Gasteiger partial charge is 0.504 e. The molecule has 2 unspecified atom stereocenters. The molecule has 124 valence electrons. The zero-order valence-electron chi connectivity index (χ0n) is 14.2. The number of hydrogen-bond acceptors (Lipinski definition) is 5. The molecule has 0 aromatic heterocycles. The van der Waals surface area contributed by atoms with Crippen molar-refractivity contribution < 1.29 is 9.84 Å². The van der Waals surface area contributed by atoms with E-state index >= 15 is 0 Å². The number of nitrogens with zero attached hydrogens (tertiary/aromatic N) is 2. The van der Waals surface area contributed by atoms with Crippen LogP contribution in [0.5, 0.6) is 11.5 Å². The first kappa shape index (κ1) is 17.1. The summed E-state index contributed by atoms with van der Waals surface area (Å²) in [5.74, 6) is 0.786. The van der Waals surface area contributed by atoms with Gasteiger partial charge >= 0.3 is 0 Å². The van der Waals surface area contributed by atoms with Gasteiger partial charge in [-0.05, 0) is 45.6 Å². The second kappa shape index (κ2) is 7.81. The predicted octanol–water partition coefficient (Wildman–Crippen LogP) is 1.69. The molecule has 1 aliphatic heterocycles.